The first-order valence-electron chi connectivity index (χ1n) is 5.61. The van der Waals surface area contributed by atoms with E-state index in [-0.39, 0.29) is 11.7 Å². The molecule has 0 saturated heterocycles. The molecule has 1 amide bonds. The maximum Gasteiger partial charge on any atom is 0.234 e. The molecule has 2 aromatic carbocycles. The van der Waals surface area contributed by atoms with Gasteiger partial charge < -0.3 is 10.4 Å². The van der Waals surface area contributed by atoms with Crippen LogP contribution in [0.3, 0.4) is 0 Å². The number of halogens is 1. The second-order valence-electron chi connectivity index (χ2n) is 3.84. The minimum Gasteiger partial charge on any atom is -0.508 e. The van der Waals surface area contributed by atoms with Crippen molar-refractivity contribution in [3.63, 3.8) is 0 Å². The van der Waals surface area contributed by atoms with E-state index in [9.17, 15) is 9.90 Å². The van der Waals surface area contributed by atoms with Crippen molar-refractivity contribution in [2.75, 3.05) is 11.1 Å². The molecule has 0 atom stereocenters. The molecule has 0 aliphatic carbocycles. The highest BCUT2D eigenvalue weighted by Crippen LogP contribution is 2.22. The van der Waals surface area contributed by atoms with Gasteiger partial charge in [-0.15, -0.1) is 11.8 Å². The molecule has 19 heavy (non-hydrogen) atoms. The fourth-order valence-electron chi connectivity index (χ4n) is 1.49. The molecule has 5 heteroatoms. The van der Waals surface area contributed by atoms with Crippen LogP contribution >= 0.6 is 27.7 Å². The van der Waals surface area contributed by atoms with Crippen LogP contribution in [0, 0.1) is 0 Å². The summed E-state index contributed by atoms with van der Waals surface area (Å²) in [6.07, 6.45) is 0. The van der Waals surface area contributed by atoms with Crippen LogP contribution < -0.4 is 5.32 Å². The van der Waals surface area contributed by atoms with E-state index in [0.29, 0.717) is 5.75 Å². The monoisotopic (exact) mass is 337 g/mol. The third kappa shape index (κ3) is 4.61. The van der Waals surface area contributed by atoms with Gasteiger partial charge in [-0.25, -0.2) is 0 Å². The Morgan fingerprint density at radius 1 is 1.21 bits per heavy atom. The Hall–Kier alpha value is -1.46. The molecule has 0 aliphatic rings. The van der Waals surface area contributed by atoms with Crippen molar-refractivity contribution in [3.8, 4) is 5.75 Å². The number of thioether (sulfide) groups is 1. The Labute approximate surface area is 124 Å². The molecule has 0 aliphatic heterocycles. The standard InChI is InChI=1S/C14H12BrNO2S/c15-10-3-1-4-11(7-10)16-14(18)9-19-13-6-2-5-12(17)8-13/h1-8,17H,9H2,(H,16,18). The summed E-state index contributed by atoms with van der Waals surface area (Å²) in [5, 5.41) is 12.1. The topological polar surface area (TPSA) is 49.3 Å². The summed E-state index contributed by atoms with van der Waals surface area (Å²) in [5.41, 5.74) is 0.760. The maximum absolute atomic E-state index is 11.8. The molecule has 0 heterocycles. The average Bonchev–Trinajstić information content (AvgIpc) is 2.36. The van der Waals surface area contributed by atoms with E-state index in [1.807, 2.05) is 30.3 Å². The Balaban J connectivity index is 1.88. The summed E-state index contributed by atoms with van der Waals surface area (Å²) in [6, 6.07) is 14.3. The lowest BCUT2D eigenvalue weighted by Crippen LogP contribution is -2.13. The van der Waals surface area contributed by atoms with Gasteiger partial charge in [0.2, 0.25) is 5.91 Å². The van der Waals surface area contributed by atoms with E-state index >= 15 is 0 Å². The third-order valence-corrected chi connectivity index (χ3v) is 3.78. The summed E-state index contributed by atoms with van der Waals surface area (Å²) in [6.45, 7) is 0. The van der Waals surface area contributed by atoms with Crippen LogP contribution in [0.25, 0.3) is 0 Å². The minimum absolute atomic E-state index is 0.0774. The van der Waals surface area contributed by atoms with Crippen molar-refractivity contribution in [1.82, 2.24) is 0 Å². The molecule has 0 bridgehead atoms. The highest BCUT2D eigenvalue weighted by Gasteiger charge is 2.04. The normalized spacial score (nSPS) is 10.2. The van der Waals surface area contributed by atoms with Gasteiger partial charge in [0.1, 0.15) is 5.75 Å². The van der Waals surface area contributed by atoms with Crippen LogP contribution in [0.2, 0.25) is 0 Å². The van der Waals surface area contributed by atoms with Gasteiger partial charge in [-0.05, 0) is 36.4 Å². The highest BCUT2D eigenvalue weighted by atomic mass is 79.9. The van der Waals surface area contributed by atoms with E-state index in [1.54, 1.807) is 18.2 Å². The van der Waals surface area contributed by atoms with Crippen molar-refractivity contribution >= 4 is 39.3 Å². The van der Waals surface area contributed by atoms with Gasteiger partial charge in [0.15, 0.2) is 0 Å². The molecule has 0 saturated carbocycles. The fraction of sp³-hybridized carbons (Fsp3) is 0.0714. The Kier molecular flexibility index (Phi) is 4.87. The molecule has 0 radical (unpaired) electrons. The number of hydrogen-bond donors (Lipinski definition) is 2. The van der Waals surface area contributed by atoms with Crippen molar-refractivity contribution in [1.29, 1.82) is 0 Å². The maximum atomic E-state index is 11.8. The summed E-state index contributed by atoms with van der Waals surface area (Å²) in [5.74, 6) is 0.430. The zero-order chi connectivity index (χ0) is 13.7. The van der Waals surface area contributed by atoms with Gasteiger partial charge in [0.05, 0.1) is 5.75 Å². The SMILES string of the molecule is O=C(CSc1cccc(O)c1)Nc1cccc(Br)c1. The first kappa shape index (κ1) is 14.0. The smallest absolute Gasteiger partial charge is 0.234 e. The summed E-state index contributed by atoms with van der Waals surface area (Å²) in [7, 11) is 0. The number of amides is 1. The molecule has 0 fully saturated rings. The number of carbonyl (C=O) groups excluding carboxylic acids is 1. The first-order chi connectivity index (χ1) is 9.13. The zero-order valence-electron chi connectivity index (χ0n) is 9.97. The third-order valence-electron chi connectivity index (χ3n) is 2.30. The molecule has 98 valence electrons. The zero-order valence-corrected chi connectivity index (χ0v) is 12.4. The van der Waals surface area contributed by atoms with Crippen molar-refractivity contribution < 1.29 is 9.90 Å². The number of phenolic OH excluding ortho intramolecular Hbond substituents is 1. The molecule has 3 nitrogen and oxygen atoms in total. The number of hydrogen-bond acceptors (Lipinski definition) is 3. The lowest BCUT2D eigenvalue weighted by atomic mass is 10.3. The Bertz CT molecular complexity index is 589. The number of rotatable bonds is 4. The Morgan fingerprint density at radius 3 is 2.74 bits per heavy atom. The van der Waals surface area contributed by atoms with Gasteiger partial charge in [0, 0.05) is 15.1 Å². The van der Waals surface area contributed by atoms with E-state index in [4.69, 9.17) is 0 Å². The fourth-order valence-corrected chi connectivity index (χ4v) is 2.63. The van der Waals surface area contributed by atoms with Crippen LogP contribution in [0.5, 0.6) is 5.75 Å². The molecular weight excluding hydrogens is 326 g/mol. The van der Waals surface area contributed by atoms with Crippen LogP contribution in [0.1, 0.15) is 0 Å². The first-order valence-corrected chi connectivity index (χ1v) is 7.38. The number of carbonyl (C=O) groups is 1. The second-order valence-corrected chi connectivity index (χ2v) is 5.81. The Morgan fingerprint density at radius 2 is 2.00 bits per heavy atom. The van der Waals surface area contributed by atoms with E-state index in [1.165, 1.54) is 11.8 Å². The summed E-state index contributed by atoms with van der Waals surface area (Å²) in [4.78, 5) is 12.6. The van der Waals surface area contributed by atoms with Crippen molar-refractivity contribution in [2.45, 2.75) is 4.90 Å². The van der Waals surface area contributed by atoms with Crippen molar-refractivity contribution in [2.24, 2.45) is 0 Å². The summed E-state index contributed by atoms with van der Waals surface area (Å²) < 4.78 is 0.922. The van der Waals surface area contributed by atoms with E-state index in [2.05, 4.69) is 21.2 Å². The van der Waals surface area contributed by atoms with Gasteiger partial charge >= 0.3 is 0 Å². The number of benzene rings is 2. The second kappa shape index (κ2) is 6.63. The molecule has 0 aromatic heterocycles. The van der Waals surface area contributed by atoms with E-state index in [0.717, 1.165) is 15.1 Å². The van der Waals surface area contributed by atoms with Crippen LogP contribution in [-0.4, -0.2) is 16.8 Å². The molecule has 0 unspecified atom stereocenters. The van der Waals surface area contributed by atoms with E-state index < -0.39 is 0 Å². The lowest BCUT2D eigenvalue weighted by Gasteiger charge is -2.05. The quantitative estimate of drug-likeness (QED) is 0.832. The predicted octanol–water partition coefficient (Wildman–Crippen LogP) is 3.89. The number of aromatic hydroxyl groups is 1. The average molecular weight is 338 g/mol. The molecule has 2 rings (SSSR count). The number of anilines is 1. The molecule has 0 spiro atoms. The van der Waals surface area contributed by atoms with Crippen LogP contribution in [0.15, 0.2) is 57.9 Å². The highest BCUT2D eigenvalue weighted by molar-refractivity contribution is 9.10. The number of phenols is 1. The molecular formula is C14H12BrNO2S. The largest absolute Gasteiger partial charge is 0.508 e. The summed E-state index contributed by atoms with van der Waals surface area (Å²) >= 11 is 4.73. The lowest BCUT2D eigenvalue weighted by molar-refractivity contribution is -0.113. The molecule has 2 N–H and O–H groups in total. The van der Waals surface area contributed by atoms with Gasteiger partial charge in [-0.2, -0.15) is 0 Å². The van der Waals surface area contributed by atoms with Crippen LogP contribution in [-0.2, 0) is 4.79 Å². The van der Waals surface area contributed by atoms with Gasteiger partial charge in [0.25, 0.3) is 0 Å². The van der Waals surface area contributed by atoms with Crippen molar-refractivity contribution in [3.05, 3.63) is 53.0 Å². The minimum atomic E-state index is -0.0774. The number of nitrogens with one attached hydrogen (secondary N) is 1. The van der Waals surface area contributed by atoms with Crippen LogP contribution in [0.4, 0.5) is 5.69 Å². The molecule has 2 aromatic rings. The van der Waals surface area contributed by atoms with Gasteiger partial charge in [-0.1, -0.05) is 28.1 Å². The predicted molar refractivity (Wildman–Crippen MR) is 81.6 cm³/mol. The van der Waals surface area contributed by atoms with Gasteiger partial charge in [-0.3, -0.25) is 4.79 Å².